The van der Waals surface area contributed by atoms with Gasteiger partial charge in [0.15, 0.2) is 5.17 Å². The minimum atomic E-state index is -0.468. The lowest BCUT2D eigenvalue weighted by molar-refractivity contribution is -0.121. The first kappa shape index (κ1) is 22.2. The molecule has 3 aliphatic rings. The monoisotopic (exact) mass is 482 g/mol. The largest absolute Gasteiger partial charge is 0.351 e. The molecule has 0 bridgehead atoms. The fourth-order valence-electron chi connectivity index (χ4n) is 4.58. The highest BCUT2D eigenvalue weighted by Crippen LogP contribution is 2.34. The molecule has 1 N–H and O–H groups in total. The van der Waals surface area contributed by atoms with Gasteiger partial charge >= 0.3 is 0 Å². The van der Waals surface area contributed by atoms with Crippen LogP contribution in [-0.4, -0.2) is 57.6 Å². The van der Waals surface area contributed by atoms with Crippen LogP contribution in [0, 0.1) is 0 Å². The predicted molar refractivity (Wildman–Crippen MR) is 132 cm³/mol. The number of amidine groups is 1. The second kappa shape index (κ2) is 9.30. The van der Waals surface area contributed by atoms with E-state index in [2.05, 4.69) is 33.6 Å². The highest BCUT2D eigenvalue weighted by atomic mass is 32.2. The highest BCUT2D eigenvalue weighted by Gasteiger charge is 2.34. The Bertz CT molecular complexity index is 1110. The molecule has 7 nitrogen and oxygen atoms in total. The Labute approximate surface area is 201 Å². The molecule has 2 atom stereocenters. The third-order valence-corrected chi connectivity index (χ3v) is 8.64. The third kappa shape index (κ3) is 4.56. The van der Waals surface area contributed by atoms with Gasteiger partial charge < -0.3 is 15.1 Å². The van der Waals surface area contributed by atoms with E-state index in [9.17, 15) is 14.4 Å². The van der Waals surface area contributed by atoms with Crippen LogP contribution < -0.4 is 5.32 Å². The standard InChI is InChI=1S/C24H26N4O3S2/c1-15-18-9-13-32-19(18)8-12-28(15)23(31)16-4-6-17(7-5-16)25-21(29)14-20-22(30)26-24(33-20)27-10-2-3-11-27/h4-7,9,13,15,20H,2-3,8,10-12,14H2,1H3,(H,25,29)/t15-,20-/m1/s1. The molecule has 3 amide bonds. The van der Waals surface area contributed by atoms with Gasteiger partial charge in [0.1, 0.15) is 5.25 Å². The van der Waals surface area contributed by atoms with E-state index in [-0.39, 0.29) is 30.2 Å². The summed E-state index contributed by atoms with van der Waals surface area (Å²) in [4.78, 5) is 47.4. The number of fused-ring (bicyclic) bond motifs is 1. The number of carbonyl (C=O) groups is 3. The maximum absolute atomic E-state index is 13.1. The summed E-state index contributed by atoms with van der Waals surface area (Å²) in [6, 6.07) is 9.14. The number of nitrogens with zero attached hydrogens (tertiary/aromatic N) is 3. The first-order valence-electron chi connectivity index (χ1n) is 11.3. The minimum absolute atomic E-state index is 0.00299. The number of thioether (sulfide) groups is 1. The van der Waals surface area contributed by atoms with Crippen molar-refractivity contribution in [2.45, 2.75) is 43.9 Å². The van der Waals surface area contributed by atoms with Crippen molar-refractivity contribution in [1.29, 1.82) is 0 Å². The van der Waals surface area contributed by atoms with Crippen molar-refractivity contribution in [3.63, 3.8) is 0 Å². The molecule has 0 spiro atoms. The van der Waals surface area contributed by atoms with E-state index in [1.165, 1.54) is 22.2 Å². The Hall–Kier alpha value is -2.65. The maximum Gasteiger partial charge on any atom is 0.262 e. The third-order valence-electron chi connectivity index (χ3n) is 6.43. The molecular weight excluding hydrogens is 456 g/mol. The second-order valence-corrected chi connectivity index (χ2v) is 10.8. The summed E-state index contributed by atoms with van der Waals surface area (Å²) >= 11 is 3.14. The summed E-state index contributed by atoms with van der Waals surface area (Å²) in [7, 11) is 0. The van der Waals surface area contributed by atoms with Crippen molar-refractivity contribution in [1.82, 2.24) is 9.80 Å². The molecule has 9 heteroatoms. The lowest BCUT2D eigenvalue weighted by atomic mass is 10.0. The van der Waals surface area contributed by atoms with Gasteiger partial charge in [-0.05, 0) is 67.5 Å². The lowest BCUT2D eigenvalue weighted by Crippen LogP contribution is -2.38. The van der Waals surface area contributed by atoms with Gasteiger partial charge in [-0.3, -0.25) is 14.4 Å². The fraction of sp³-hybridized carbons (Fsp3) is 0.417. The molecule has 1 aromatic carbocycles. The van der Waals surface area contributed by atoms with Crippen LogP contribution >= 0.6 is 23.1 Å². The Balaban J connectivity index is 1.16. The number of anilines is 1. The van der Waals surface area contributed by atoms with Crippen LogP contribution in [0.25, 0.3) is 0 Å². The topological polar surface area (TPSA) is 82.1 Å². The summed E-state index contributed by atoms with van der Waals surface area (Å²) in [5.74, 6) is -0.466. The fourth-order valence-corrected chi connectivity index (χ4v) is 6.66. The molecule has 33 heavy (non-hydrogen) atoms. The summed E-state index contributed by atoms with van der Waals surface area (Å²) in [5.41, 5.74) is 2.45. The molecule has 1 saturated heterocycles. The van der Waals surface area contributed by atoms with Gasteiger partial charge in [-0.15, -0.1) is 11.3 Å². The molecule has 1 fully saturated rings. The summed E-state index contributed by atoms with van der Waals surface area (Å²) in [6.07, 6.45) is 3.20. The Morgan fingerprint density at radius 1 is 1.12 bits per heavy atom. The number of amides is 3. The number of benzene rings is 1. The molecule has 0 aliphatic carbocycles. The number of nitrogens with one attached hydrogen (secondary N) is 1. The Kier molecular flexibility index (Phi) is 6.25. The molecule has 5 rings (SSSR count). The quantitative estimate of drug-likeness (QED) is 0.714. The average Bonchev–Trinajstić information content (AvgIpc) is 3.56. The number of thiophene rings is 1. The summed E-state index contributed by atoms with van der Waals surface area (Å²) < 4.78 is 0. The molecule has 3 aliphatic heterocycles. The van der Waals surface area contributed by atoms with Crippen LogP contribution in [0.5, 0.6) is 0 Å². The van der Waals surface area contributed by atoms with Crippen LogP contribution in [-0.2, 0) is 16.0 Å². The van der Waals surface area contributed by atoms with Gasteiger partial charge in [0.2, 0.25) is 5.91 Å². The van der Waals surface area contributed by atoms with Gasteiger partial charge in [-0.2, -0.15) is 4.99 Å². The van der Waals surface area contributed by atoms with E-state index in [0.717, 1.165) is 37.5 Å². The first-order chi connectivity index (χ1) is 16.0. The zero-order valence-corrected chi connectivity index (χ0v) is 20.1. The van der Waals surface area contributed by atoms with Gasteiger partial charge in [-0.25, -0.2) is 0 Å². The summed E-state index contributed by atoms with van der Waals surface area (Å²) in [5, 5.41) is 5.21. The number of likely N-dealkylation sites (tertiary alicyclic amines) is 1. The Morgan fingerprint density at radius 3 is 2.64 bits per heavy atom. The van der Waals surface area contributed by atoms with Crippen molar-refractivity contribution < 1.29 is 14.4 Å². The number of hydrogen-bond donors (Lipinski definition) is 1. The smallest absolute Gasteiger partial charge is 0.262 e. The van der Waals surface area contributed by atoms with Crippen molar-refractivity contribution in [3.05, 3.63) is 51.7 Å². The zero-order valence-electron chi connectivity index (χ0n) is 18.5. The SMILES string of the molecule is C[C@@H]1c2ccsc2CCN1C(=O)c1ccc(NC(=O)C[C@H]2SC(N3CCCC3)=NC2=O)cc1. The average molecular weight is 483 g/mol. The summed E-state index contributed by atoms with van der Waals surface area (Å²) in [6.45, 7) is 4.63. The maximum atomic E-state index is 13.1. The van der Waals surface area contributed by atoms with Gasteiger partial charge in [-0.1, -0.05) is 11.8 Å². The van der Waals surface area contributed by atoms with Crippen molar-refractivity contribution in [3.8, 4) is 0 Å². The van der Waals surface area contributed by atoms with E-state index in [1.807, 2.05) is 4.90 Å². The molecule has 0 saturated carbocycles. The highest BCUT2D eigenvalue weighted by molar-refractivity contribution is 8.15. The van der Waals surface area contributed by atoms with Crippen LogP contribution in [0.15, 0.2) is 40.7 Å². The second-order valence-electron chi connectivity index (χ2n) is 8.59. The minimum Gasteiger partial charge on any atom is -0.351 e. The van der Waals surface area contributed by atoms with Crippen LogP contribution in [0.4, 0.5) is 5.69 Å². The van der Waals surface area contributed by atoms with Crippen molar-refractivity contribution >= 4 is 51.7 Å². The van der Waals surface area contributed by atoms with Gasteiger partial charge in [0.25, 0.3) is 11.8 Å². The molecule has 2 aromatic rings. The van der Waals surface area contributed by atoms with E-state index in [1.54, 1.807) is 35.6 Å². The van der Waals surface area contributed by atoms with E-state index >= 15 is 0 Å². The van der Waals surface area contributed by atoms with Crippen LogP contribution in [0.1, 0.15) is 53.0 Å². The van der Waals surface area contributed by atoms with Crippen LogP contribution in [0.2, 0.25) is 0 Å². The number of aliphatic imine (C=N–C) groups is 1. The molecule has 4 heterocycles. The molecule has 1 aromatic heterocycles. The lowest BCUT2D eigenvalue weighted by Gasteiger charge is -2.33. The van der Waals surface area contributed by atoms with E-state index < -0.39 is 5.25 Å². The van der Waals surface area contributed by atoms with Crippen molar-refractivity contribution in [2.75, 3.05) is 25.0 Å². The number of carbonyl (C=O) groups excluding carboxylic acids is 3. The van der Waals surface area contributed by atoms with Crippen molar-refractivity contribution in [2.24, 2.45) is 4.99 Å². The Morgan fingerprint density at radius 2 is 1.88 bits per heavy atom. The molecule has 0 unspecified atom stereocenters. The predicted octanol–water partition coefficient (Wildman–Crippen LogP) is 3.93. The molecular formula is C24H26N4O3S2. The zero-order chi connectivity index (χ0) is 22.9. The normalized spacial score (nSPS) is 22.3. The molecule has 0 radical (unpaired) electrons. The number of rotatable bonds is 4. The molecule has 172 valence electrons. The van der Waals surface area contributed by atoms with Gasteiger partial charge in [0.05, 0.1) is 6.04 Å². The van der Waals surface area contributed by atoms with E-state index in [4.69, 9.17) is 0 Å². The number of hydrogen-bond acceptors (Lipinski definition) is 6. The van der Waals surface area contributed by atoms with E-state index in [0.29, 0.717) is 17.8 Å². The van der Waals surface area contributed by atoms with Crippen LogP contribution in [0.3, 0.4) is 0 Å². The first-order valence-corrected chi connectivity index (χ1v) is 13.1. The van der Waals surface area contributed by atoms with Gasteiger partial charge in [0, 0.05) is 42.2 Å².